The van der Waals surface area contributed by atoms with Crippen molar-refractivity contribution >= 4 is 11.8 Å². The Bertz CT molecular complexity index is 618. The van der Waals surface area contributed by atoms with Crippen LogP contribution in [0.5, 0.6) is 0 Å². The molecule has 7 heteroatoms. The minimum absolute atomic E-state index is 0.0900. The number of piperidine rings is 1. The number of esters is 1. The number of likely N-dealkylation sites (N-methyl/N-ethyl adjacent to an activating group) is 1. The fourth-order valence-corrected chi connectivity index (χ4v) is 3.21. The van der Waals surface area contributed by atoms with Crippen molar-refractivity contribution in [2.75, 3.05) is 20.2 Å². The molecule has 0 aliphatic carbocycles. The summed E-state index contributed by atoms with van der Waals surface area (Å²) in [5.41, 5.74) is -0.0900. The van der Waals surface area contributed by atoms with Crippen molar-refractivity contribution in [3.63, 3.8) is 0 Å². The highest BCUT2D eigenvalue weighted by molar-refractivity contribution is 5.96. The van der Waals surface area contributed by atoms with Crippen LogP contribution in [0.2, 0.25) is 0 Å². The summed E-state index contributed by atoms with van der Waals surface area (Å²) in [5.74, 6) is -3.03. The zero-order valence-electron chi connectivity index (χ0n) is 14.3. The van der Waals surface area contributed by atoms with Crippen LogP contribution in [-0.2, 0) is 14.3 Å². The summed E-state index contributed by atoms with van der Waals surface area (Å²) in [6.07, 6.45) is -1.27. The average Bonchev–Trinajstić information content (AvgIpc) is 2.53. The van der Waals surface area contributed by atoms with E-state index in [1.54, 1.807) is 18.9 Å². The molecule has 0 saturated carbocycles. The lowest BCUT2D eigenvalue weighted by molar-refractivity contribution is -0.146. The number of rotatable bonds is 6. The highest BCUT2D eigenvalue weighted by Crippen LogP contribution is 2.34. The second-order valence-corrected chi connectivity index (χ2v) is 6.32. The van der Waals surface area contributed by atoms with Gasteiger partial charge >= 0.3 is 5.97 Å². The van der Waals surface area contributed by atoms with Crippen molar-refractivity contribution < 1.29 is 27.5 Å². The molecule has 1 aliphatic heterocycles. The lowest BCUT2D eigenvalue weighted by atomic mass is 9.83. The Balaban J connectivity index is 2.09. The standard InChI is InChI=1S/C18H22F3NO3/c1-3-25-17(24)10-16(23)11-4-5-22(2)15(8-11)18(21)12-6-13(19)9-14(20)7-12/h6-7,9,11,15,18H,3-5,8,10H2,1-2H3/t11-,15+,18?/m1/s1. The Morgan fingerprint density at radius 2 is 1.92 bits per heavy atom. The van der Waals surface area contributed by atoms with Gasteiger partial charge in [0.2, 0.25) is 0 Å². The second kappa shape index (κ2) is 8.47. The van der Waals surface area contributed by atoms with Crippen LogP contribution >= 0.6 is 0 Å². The molecule has 2 rings (SSSR count). The normalized spacial score (nSPS) is 22.4. The van der Waals surface area contributed by atoms with Crippen molar-refractivity contribution in [3.05, 3.63) is 35.4 Å². The summed E-state index contributed by atoms with van der Waals surface area (Å²) in [6.45, 7) is 2.31. The van der Waals surface area contributed by atoms with Crippen molar-refractivity contribution in [3.8, 4) is 0 Å². The molecule has 1 fully saturated rings. The Kier molecular flexibility index (Phi) is 6.58. The maximum Gasteiger partial charge on any atom is 0.313 e. The largest absolute Gasteiger partial charge is 0.466 e. The number of nitrogens with zero attached hydrogens (tertiary/aromatic N) is 1. The third-order valence-corrected chi connectivity index (χ3v) is 4.54. The number of ether oxygens (including phenoxy) is 1. The summed E-state index contributed by atoms with van der Waals surface area (Å²) in [5, 5.41) is 0. The zero-order chi connectivity index (χ0) is 18.6. The molecule has 0 aromatic heterocycles. The molecule has 4 nitrogen and oxygen atoms in total. The van der Waals surface area contributed by atoms with Crippen molar-refractivity contribution in [2.45, 2.75) is 38.4 Å². The van der Waals surface area contributed by atoms with Gasteiger partial charge in [-0.05, 0) is 51.1 Å². The van der Waals surface area contributed by atoms with Crippen LogP contribution in [0.1, 0.15) is 37.9 Å². The quantitative estimate of drug-likeness (QED) is 0.579. The molecule has 0 radical (unpaired) electrons. The molecular weight excluding hydrogens is 335 g/mol. The molecular formula is C18H22F3NO3. The second-order valence-electron chi connectivity index (χ2n) is 6.32. The number of carbonyl (C=O) groups excluding carboxylic acids is 2. The molecule has 3 atom stereocenters. The Morgan fingerprint density at radius 3 is 2.52 bits per heavy atom. The van der Waals surface area contributed by atoms with Gasteiger partial charge in [-0.1, -0.05) is 0 Å². The SMILES string of the molecule is CCOC(=O)CC(=O)[C@@H]1CCN(C)[C@H](C(F)c2cc(F)cc(F)c2)C1. The maximum absolute atomic E-state index is 14.9. The van der Waals surface area contributed by atoms with Crippen LogP contribution in [0, 0.1) is 17.6 Å². The van der Waals surface area contributed by atoms with Gasteiger partial charge in [-0.25, -0.2) is 13.2 Å². The molecule has 0 spiro atoms. The van der Waals surface area contributed by atoms with E-state index in [0.717, 1.165) is 12.1 Å². The first-order valence-corrected chi connectivity index (χ1v) is 8.30. The number of hydrogen-bond acceptors (Lipinski definition) is 4. The van der Waals surface area contributed by atoms with Crippen LogP contribution in [0.15, 0.2) is 18.2 Å². The van der Waals surface area contributed by atoms with Gasteiger partial charge in [0.15, 0.2) is 0 Å². The molecule has 0 bridgehead atoms. The molecule has 1 aromatic rings. The fraction of sp³-hybridized carbons (Fsp3) is 0.556. The summed E-state index contributed by atoms with van der Waals surface area (Å²) in [4.78, 5) is 25.4. The summed E-state index contributed by atoms with van der Waals surface area (Å²) >= 11 is 0. The van der Waals surface area contributed by atoms with E-state index >= 15 is 0 Å². The van der Waals surface area contributed by atoms with E-state index in [2.05, 4.69) is 0 Å². The molecule has 1 unspecified atom stereocenters. The maximum atomic E-state index is 14.9. The Labute approximate surface area is 144 Å². The minimum atomic E-state index is -1.63. The molecule has 138 valence electrons. The summed E-state index contributed by atoms with van der Waals surface area (Å²) in [7, 11) is 1.71. The van der Waals surface area contributed by atoms with E-state index in [-0.39, 0.29) is 30.8 Å². The first kappa shape index (κ1) is 19.4. The lowest BCUT2D eigenvalue weighted by Gasteiger charge is -2.38. The minimum Gasteiger partial charge on any atom is -0.466 e. The molecule has 1 saturated heterocycles. The van der Waals surface area contributed by atoms with Gasteiger partial charge in [0.25, 0.3) is 0 Å². The van der Waals surface area contributed by atoms with Crippen molar-refractivity contribution in [2.24, 2.45) is 5.92 Å². The van der Waals surface area contributed by atoms with Crippen molar-refractivity contribution in [1.82, 2.24) is 4.90 Å². The summed E-state index contributed by atoms with van der Waals surface area (Å²) < 4.78 is 46.3. The Morgan fingerprint density at radius 1 is 1.28 bits per heavy atom. The van der Waals surface area contributed by atoms with Crippen LogP contribution in [0.4, 0.5) is 13.2 Å². The van der Waals surface area contributed by atoms with Gasteiger partial charge in [0, 0.05) is 18.0 Å². The third kappa shape index (κ3) is 5.04. The monoisotopic (exact) mass is 357 g/mol. The first-order valence-electron chi connectivity index (χ1n) is 8.30. The third-order valence-electron chi connectivity index (χ3n) is 4.54. The van der Waals surface area contributed by atoms with Crippen LogP contribution in [-0.4, -0.2) is 42.9 Å². The number of Topliss-reactive ketones (excluding diaryl/α,β-unsaturated/α-hetero) is 1. The molecule has 1 heterocycles. The first-order chi connectivity index (χ1) is 11.8. The molecule has 1 aliphatic rings. The predicted octanol–water partition coefficient (Wildman–Crippen LogP) is 3.21. The average molecular weight is 357 g/mol. The van der Waals surface area contributed by atoms with Gasteiger partial charge in [0.1, 0.15) is 30.0 Å². The Hall–Kier alpha value is -1.89. The fourth-order valence-electron chi connectivity index (χ4n) is 3.21. The highest BCUT2D eigenvalue weighted by atomic mass is 19.1. The van der Waals surface area contributed by atoms with E-state index < -0.39 is 35.7 Å². The van der Waals surface area contributed by atoms with Crippen LogP contribution in [0.3, 0.4) is 0 Å². The van der Waals surface area contributed by atoms with Gasteiger partial charge in [0.05, 0.1) is 6.61 Å². The number of ketones is 1. The molecule has 1 aromatic carbocycles. The van der Waals surface area contributed by atoms with E-state index in [1.807, 2.05) is 0 Å². The lowest BCUT2D eigenvalue weighted by Crippen LogP contribution is -2.44. The molecule has 0 N–H and O–H groups in total. The summed E-state index contributed by atoms with van der Waals surface area (Å²) in [6, 6.07) is 1.93. The smallest absolute Gasteiger partial charge is 0.313 e. The number of alkyl halides is 1. The van der Waals surface area contributed by atoms with Gasteiger partial charge in [-0.15, -0.1) is 0 Å². The number of carbonyl (C=O) groups is 2. The van der Waals surface area contributed by atoms with E-state index in [9.17, 15) is 22.8 Å². The van der Waals surface area contributed by atoms with Gasteiger partial charge < -0.3 is 9.64 Å². The molecule has 0 amide bonds. The van der Waals surface area contributed by atoms with Crippen LogP contribution < -0.4 is 0 Å². The number of benzene rings is 1. The number of halogens is 3. The predicted molar refractivity (Wildman–Crippen MR) is 85.6 cm³/mol. The zero-order valence-corrected chi connectivity index (χ0v) is 14.3. The highest BCUT2D eigenvalue weighted by Gasteiger charge is 2.36. The van der Waals surface area contributed by atoms with Gasteiger partial charge in [-0.3, -0.25) is 9.59 Å². The number of likely N-dealkylation sites (tertiary alicyclic amines) is 1. The van der Waals surface area contributed by atoms with Gasteiger partial charge in [-0.2, -0.15) is 0 Å². The van der Waals surface area contributed by atoms with E-state index in [0.29, 0.717) is 19.0 Å². The number of hydrogen-bond donors (Lipinski definition) is 0. The van der Waals surface area contributed by atoms with E-state index in [4.69, 9.17) is 4.74 Å². The van der Waals surface area contributed by atoms with Crippen LogP contribution in [0.25, 0.3) is 0 Å². The molecule has 25 heavy (non-hydrogen) atoms. The topological polar surface area (TPSA) is 46.6 Å². The van der Waals surface area contributed by atoms with Crippen molar-refractivity contribution in [1.29, 1.82) is 0 Å². The van der Waals surface area contributed by atoms with E-state index in [1.165, 1.54) is 0 Å².